The third-order valence-corrected chi connectivity index (χ3v) is 3.24. The molecule has 5 nitrogen and oxygen atoms in total. The van der Waals surface area contributed by atoms with Crippen molar-refractivity contribution in [3.8, 4) is 0 Å². The van der Waals surface area contributed by atoms with Crippen LogP contribution in [-0.4, -0.2) is 60.5 Å². The van der Waals surface area contributed by atoms with Gasteiger partial charge in [-0.2, -0.15) is 0 Å². The zero-order valence-corrected chi connectivity index (χ0v) is 9.65. The number of hydrogen-bond acceptors (Lipinski definition) is 4. The summed E-state index contributed by atoms with van der Waals surface area (Å²) >= 11 is 0. The van der Waals surface area contributed by atoms with Crippen LogP contribution in [0.3, 0.4) is 0 Å². The first-order chi connectivity index (χ1) is 7.70. The van der Waals surface area contributed by atoms with Crippen molar-refractivity contribution in [2.45, 2.75) is 25.8 Å². The maximum atomic E-state index is 11.5. The molecule has 90 valence electrons. The van der Waals surface area contributed by atoms with Crippen LogP contribution >= 0.6 is 0 Å². The molecule has 2 rings (SSSR count). The number of piperazine rings is 1. The number of carbonyl (C=O) groups excluding carboxylic acids is 2. The number of ether oxygens (including phenoxy) is 1. The van der Waals surface area contributed by atoms with E-state index < -0.39 is 0 Å². The van der Waals surface area contributed by atoms with E-state index in [-0.39, 0.29) is 11.9 Å². The van der Waals surface area contributed by atoms with E-state index in [2.05, 4.69) is 4.90 Å². The largest absolute Gasteiger partial charge is 0.465 e. The summed E-state index contributed by atoms with van der Waals surface area (Å²) in [5.74, 6) is 0.0982. The first kappa shape index (κ1) is 11.4. The molecule has 0 aromatic heterocycles. The smallest absolute Gasteiger partial charge is 0.320 e. The molecule has 1 atom stereocenters. The second kappa shape index (κ2) is 4.82. The Hall–Kier alpha value is -1.10. The molecular formula is C11H18N2O3. The molecule has 0 saturated carbocycles. The number of rotatable bonds is 3. The van der Waals surface area contributed by atoms with Crippen LogP contribution in [0.5, 0.6) is 0 Å². The van der Waals surface area contributed by atoms with Gasteiger partial charge in [-0.1, -0.05) is 0 Å². The molecule has 2 heterocycles. The lowest BCUT2D eigenvalue weighted by atomic mass is 10.1. The number of nitrogens with zero attached hydrogens (tertiary/aromatic N) is 2. The summed E-state index contributed by atoms with van der Waals surface area (Å²) in [7, 11) is 0. The standard InChI is InChI=1S/C11H18N2O3/c1-2-16-11(15)8-12-5-6-13-9(7-12)3-4-10(13)14/h9H,2-8H2,1H3. The summed E-state index contributed by atoms with van der Waals surface area (Å²) in [6.07, 6.45) is 1.59. The predicted octanol–water partition coefficient (Wildman–Crippen LogP) is -0.144. The Kier molecular flexibility index (Phi) is 3.43. The Morgan fingerprint density at radius 3 is 3.06 bits per heavy atom. The van der Waals surface area contributed by atoms with Gasteiger partial charge in [0.2, 0.25) is 5.91 Å². The molecule has 0 aliphatic carbocycles. The van der Waals surface area contributed by atoms with Gasteiger partial charge in [-0.3, -0.25) is 14.5 Å². The fraction of sp³-hybridized carbons (Fsp3) is 0.818. The van der Waals surface area contributed by atoms with E-state index in [9.17, 15) is 9.59 Å². The van der Waals surface area contributed by atoms with Gasteiger partial charge in [-0.25, -0.2) is 0 Å². The van der Waals surface area contributed by atoms with Crippen LogP contribution in [0.4, 0.5) is 0 Å². The van der Waals surface area contributed by atoms with Crippen molar-refractivity contribution >= 4 is 11.9 Å². The van der Waals surface area contributed by atoms with Crippen LogP contribution in [0.1, 0.15) is 19.8 Å². The van der Waals surface area contributed by atoms with Crippen molar-refractivity contribution in [1.82, 2.24) is 9.80 Å². The van der Waals surface area contributed by atoms with Gasteiger partial charge in [-0.15, -0.1) is 0 Å². The molecule has 2 fully saturated rings. The highest BCUT2D eigenvalue weighted by atomic mass is 16.5. The van der Waals surface area contributed by atoms with E-state index in [1.165, 1.54) is 0 Å². The van der Waals surface area contributed by atoms with Gasteiger partial charge in [0.25, 0.3) is 0 Å². The third-order valence-electron chi connectivity index (χ3n) is 3.24. The monoisotopic (exact) mass is 226 g/mol. The number of esters is 1. The average molecular weight is 226 g/mol. The van der Waals surface area contributed by atoms with Crippen molar-refractivity contribution in [3.05, 3.63) is 0 Å². The minimum atomic E-state index is -0.166. The quantitative estimate of drug-likeness (QED) is 0.628. The summed E-state index contributed by atoms with van der Waals surface area (Å²) in [6.45, 7) is 4.94. The lowest BCUT2D eigenvalue weighted by molar-refractivity contribution is -0.145. The summed E-state index contributed by atoms with van der Waals surface area (Å²) in [5, 5.41) is 0. The van der Waals surface area contributed by atoms with Crippen molar-refractivity contribution in [2.24, 2.45) is 0 Å². The second-order valence-corrected chi connectivity index (χ2v) is 4.32. The Bertz CT molecular complexity index is 293. The zero-order chi connectivity index (χ0) is 11.5. The molecule has 2 saturated heterocycles. The summed E-state index contributed by atoms with van der Waals surface area (Å²) < 4.78 is 4.92. The minimum Gasteiger partial charge on any atom is -0.465 e. The fourth-order valence-corrected chi connectivity index (χ4v) is 2.46. The molecule has 1 amide bonds. The molecule has 1 unspecified atom stereocenters. The number of hydrogen-bond donors (Lipinski definition) is 0. The fourth-order valence-electron chi connectivity index (χ4n) is 2.46. The van der Waals surface area contributed by atoms with Gasteiger partial charge in [0.05, 0.1) is 13.2 Å². The number of amides is 1. The van der Waals surface area contributed by atoms with Crippen LogP contribution in [0.15, 0.2) is 0 Å². The van der Waals surface area contributed by atoms with E-state index >= 15 is 0 Å². The summed E-state index contributed by atoms with van der Waals surface area (Å²) in [5.41, 5.74) is 0. The van der Waals surface area contributed by atoms with Crippen LogP contribution in [-0.2, 0) is 14.3 Å². The molecule has 0 spiro atoms. The van der Waals surface area contributed by atoms with Gasteiger partial charge in [-0.05, 0) is 13.3 Å². The average Bonchev–Trinajstić information content (AvgIpc) is 2.60. The van der Waals surface area contributed by atoms with Crippen molar-refractivity contribution in [3.63, 3.8) is 0 Å². The molecule has 5 heteroatoms. The van der Waals surface area contributed by atoms with Crippen LogP contribution in [0, 0.1) is 0 Å². The maximum Gasteiger partial charge on any atom is 0.320 e. The Morgan fingerprint density at radius 1 is 1.50 bits per heavy atom. The minimum absolute atomic E-state index is 0.166. The molecule has 0 radical (unpaired) electrons. The van der Waals surface area contributed by atoms with E-state index in [1.54, 1.807) is 0 Å². The van der Waals surface area contributed by atoms with E-state index in [0.29, 0.717) is 25.6 Å². The van der Waals surface area contributed by atoms with Gasteiger partial charge in [0.15, 0.2) is 0 Å². The topological polar surface area (TPSA) is 49.9 Å². The van der Waals surface area contributed by atoms with Gasteiger partial charge < -0.3 is 9.64 Å². The molecule has 0 aromatic rings. The molecule has 0 N–H and O–H groups in total. The van der Waals surface area contributed by atoms with E-state index in [4.69, 9.17) is 4.74 Å². The highest BCUT2D eigenvalue weighted by Gasteiger charge is 2.35. The SMILES string of the molecule is CCOC(=O)CN1CCN2C(=O)CCC2C1. The molecule has 16 heavy (non-hydrogen) atoms. The normalized spacial score (nSPS) is 25.7. The van der Waals surface area contributed by atoms with E-state index in [1.807, 2.05) is 11.8 Å². The molecule has 0 aromatic carbocycles. The Morgan fingerprint density at radius 2 is 2.31 bits per heavy atom. The third kappa shape index (κ3) is 2.35. The Labute approximate surface area is 95.3 Å². The Balaban J connectivity index is 1.83. The lowest BCUT2D eigenvalue weighted by Gasteiger charge is -2.36. The first-order valence-electron chi connectivity index (χ1n) is 5.88. The van der Waals surface area contributed by atoms with Crippen LogP contribution < -0.4 is 0 Å². The lowest BCUT2D eigenvalue weighted by Crippen LogP contribution is -2.52. The number of fused-ring (bicyclic) bond motifs is 1. The highest BCUT2D eigenvalue weighted by molar-refractivity contribution is 5.79. The van der Waals surface area contributed by atoms with Gasteiger partial charge in [0.1, 0.15) is 0 Å². The second-order valence-electron chi connectivity index (χ2n) is 4.32. The summed E-state index contributed by atoms with van der Waals surface area (Å²) in [4.78, 5) is 26.8. The van der Waals surface area contributed by atoms with Crippen LogP contribution in [0.2, 0.25) is 0 Å². The number of carbonyl (C=O) groups is 2. The molecule has 0 bridgehead atoms. The highest BCUT2D eigenvalue weighted by Crippen LogP contribution is 2.22. The predicted molar refractivity (Wildman–Crippen MR) is 57.8 cm³/mol. The first-order valence-corrected chi connectivity index (χ1v) is 5.88. The van der Waals surface area contributed by atoms with Gasteiger partial charge in [0, 0.05) is 32.1 Å². The van der Waals surface area contributed by atoms with Crippen molar-refractivity contribution in [1.29, 1.82) is 0 Å². The van der Waals surface area contributed by atoms with Crippen LogP contribution in [0.25, 0.3) is 0 Å². The van der Waals surface area contributed by atoms with Gasteiger partial charge >= 0.3 is 5.97 Å². The van der Waals surface area contributed by atoms with Crippen molar-refractivity contribution < 1.29 is 14.3 Å². The molecular weight excluding hydrogens is 208 g/mol. The molecule has 2 aliphatic heterocycles. The summed E-state index contributed by atoms with van der Waals surface area (Å²) in [6, 6.07) is 0.315. The molecule has 2 aliphatic rings. The van der Waals surface area contributed by atoms with Crippen molar-refractivity contribution in [2.75, 3.05) is 32.8 Å². The maximum absolute atomic E-state index is 11.5. The van der Waals surface area contributed by atoms with E-state index in [0.717, 1.165) is 26.1 Å². The zero-order valence-electron chi connectivity index (χ0n) is 9.65.